The molecule has 1 aliphatic rings. The van der Waals surface area contributed by atoms with E-state index in [-0.39, 0.29) is 11.7 Å². The van der Waals surface area contributed by atoms with E-state index in [1.165, 1.54) is 11.6 Å². The number of hydrogen-bond donors (Lipinski definition) is 2. The van der Waals surface area contributed by atoms with Gasteiger partial charge < -0.3 is 19.3 Å². The summed E-state index contributed by atoms with van der Waals surface area (Å²) in [5.74, 6) is -0.0608. The fraction of sp³-hybridized carbons (Fsp3) is 0.292. The van der Waals surface area contributed by atoms with Gasteiger partial charge in [-0.25, -0.2) is 10.3 Å². The standard InChI is InChI=1S/C24H26N4O5/c1-32-22-8-4-18(5-9-22)10-15-33-24(30)28-13-11-27(12-14-28)21-6-2-19(3-7-21)16-20(17-25)23(29)26-31/h2-9,16,31H,10-15H2,1H3,(H,26,29)/b20-16+. The van der Waals surface area contributed by atoms with Gasteiger partial charge in [-0.15, -0.1) is 0 Å². The Labute approximate surface area is 192 Å². The third kappa shape index (κ3) is 6.48. The van der Waals surface area contributed by atoms with Crippen LogP contribution in [0.4, 0.5) is 10.5 Å². The van der Waals surface area contributed by atoms with Crippen molar-refractivity contribution in [2.24, 2.45) is 0 Å². The van der Waals surface area contributed by atoms with Crippen LogP contribution in [0.25, 0.3) is 6.08 Å². The first-order valence-electron chi connectivity index (χ1n) is 10.5. The Morgan fingerprint density at radius 2 is 1.76 bits per heavy atom. The fourth-order valence-corrected chi connectivity index (χ4v) is 3.44. The largest absolute Gasteiger partial charge is 0.497 e. The molecule has 0 spiro atoms. The van der Waals surface area contributed by atoms with Crippen molar-refractivity contribution in [2.75, 3.05) is 44.8 Å². The molecule has 2 aromatic carbocycles. The van der Waals surface area contributed by atoms with E-state index in [1.54, 1.807) is 30.2 Å². The van der Waals surface area contributed by atoms with Crippen LogP contribution in [0.15, 0.2) is 54.1 Å². The van der Waals surface area contributed by atoms with Crippen LogP contribution < -0.4 is 15.1 Å². The molecule has 9 heteroatoms. The normalized spacial score (nSPS) is 13.8. The van der Waals surface area contributed by atoms with Crippen molar-refractivity contribution in [3.63, 3.8) is 0 Å². The maximum Gasteiger partial charge on any atom is 0.409 e. The minimum Gasteiger partial charge on any atom is -0.497 e. The maximum atomic E-state index is 12.4. The number of hydroxylamine groups is 1. The van der Waals surface area contributed by atoms with Gasteiger partial charge in [0.05, 0.1) is 13.7 Å². The van der Waals surface area contributed by atoms with E-state index in [0.29, 0.717) is 44.8 Å². The molecule has 2 aromatic rings. The van der Waals surface area contributed by atoms with E-state index in [0.717, 1.165) is 17.0 Å². The third-order valence-electron chi connectivity index (χ3n) is 5.35. The number of rotatable bonds is 7. The van der Waals surface area contributed by atoms with Crippen LogP contribution in [0.2, 0.25) is 0 Å². The van der Waals surface area contributed by atoms with Gasteiger partial charge in [0.25, 0.3) is 5.91 Å². The molecule has 9 nitrogen and oxygen atoms in total. The molecular weight excluding hydrogens is 424 g/mol. The monoisotopic (exact) mass is 450 g/mol. The number of nitrogens with zero attached hydrogens (tertiary/aromatic N) is 3. The van der Waals surface area contributed by atoms with E-state index in [4.69, 9.17) is 19.9 Å². The lowest BCUT2D eigenvalue weighted by Gasteiger charge is -2.35. The molecule has 0 radical (unpaired) electrons. The number of amides is 2. The number of carbonyl (C=O) groups is 2. The molecular formula is C24H26N4O5. The second-order valence-electron chi connectivity index (χ2n) is 7.39. The molecule has 0 unspecified atom stereocenters. The van der Waals surface area contributed by atoms with Gasteiger partial charge in [0.1, 0.15) is 17.4 Å². The Bertz CT molecular complexity index is 1020. The van der Waals surface area contributed by atoms with Crippen LogP contribution in [0.1, 0.15) is 11.1 Å². The Morgan fingerprint density at radius 1 is 1.09 bits per heavy atom. The number of methoxy groups -OCH3 is 1. The predicted molar refractivity (Wildman–Crippen MR) is 122 cm³/mol. The zero-order valence-electron chi connectivity index (χ0n) is 18.4. The highest BCUT2D eigenvalue weighted by Crippen LogP contribution is 2.19. The zero-order valence-corrected chi connectivity index (χ0v) is 18.4. The van der Waals surface area contributed by atoms with Crippen LogP contribution >= 0.6 is 0 Å². The minimum absolute atomic E-state index is 0.190. The Balaban J connectivity index is 1.46. The van der Waals surface area contributed by atoms with Gasteiger partial charge >= 0.3 is 6.09 Å². The molecule has 0 saturated carbocycles. The molecule has 0 bridgehead atoms. The van der Waals surface area contributed by atoms with Crippen molar-refractivity contribution in [3.05, 3.63) is 65.2 Å². The van der Waals surface area contributed by atoms with Crippen molar-refractivity contribution >= 4 is 23.8 Å². The summed E-state index contributed by atoms with van der Waals surface area (Å²) in [6.07, 6.45) is 1.73. The van der Waals surface area contributed by atoms with Gasteiger partial charge in [-0.3, -0.25) is 10.0 Å². The first-order chi connectivity index (χ1) is 16.0. The Morgan fingerprint density at radius 3 is 2.33 bits per heavy atom. The van der Waals surface area contributed by atoms with E-state index in [9.17, 15) is 9.59 Å². The molecule has 0 aliphatic carbocycles. The van der Waals surface area contributed by atoms with Crippen molar-refractivity contribution in [3.8, 4) is 11.8 Å². The van der Waals surface area contributed by atoms with Gasteiger partial charge in [-0.2, -0.15) is 5.26 Å². The summed E-state index contributed by atoms with van der Waals surface area (Å²) < 4.78 is 10.6. The molecule has 172 valence electrons. The first-order valence-corrected chi connectivity index (χ1v) is 10.5. The number of nitrogens with one attached hydrogen (secondary N) is 1. The van der Waals surface area contributed by atoms with Gasteiger partial charge in [-0.1, -0.05) is 24.3 Å². The molecule has 0 atom stereocenters. The van der Waals surface area contributed by atoms with Gasteiger partial charge in [0.2, 0.25) is 0 Å². The smallest absolute Gasteiger partial charge is 0.409 e. The Hall–Kier alpha value is -4.03. The average Bonchev–Trinajstić information content (AvgIpc) is 2.87. The highest BCUT2D eigenvalue weighted by molar-refractivity contribution is 6.01. The van der Waals surface area contributed by atoms with Gasteiger partial charge in [0, 0.05) is 38.3 Å². The molecule has 33 heavy (non-hydrogen) atoms. The van der Waals surface area contributed by atoms with E-state index in [2.05, 4.69) is 4.90 Å². The highest BCUT2D eigenvalue weighted by atomic mass is 16.6. The lowest BCUT2D eigenvalue weighted by atomic mass is 10.1. The third-order valence-corrected chi connectivity index (χ3v) is 5.35. The summed E-state index contributed by atoms with van der Waals surface area (Å²) in [6, 6.07) is 16.8. The quantitative estimate of drug-likeness (QED) is 0.288. The average molecular weight is 450 g/mol. The molecule has 1 saturated heterocycles. The minimum atomic E-state index is -0.853. The van der Waals surface area contributed by atoms with Crippen LogP contribution in [-0.2, 0) is 16.0 Å². The summed E-state index contributed by atoms with van der Waals surface area (Å²) in [6.45, 7) is 2.76. The van der Waals surface area contributed by atoms with Gasteiger partial charge in [0.15, 0.2) is 0 Å². The molecule has 1 fully saturated rings. The Kier molecular flexibility index (Phi) is 8.27. The second-order valence-corrected chi connectivity index (χ2v) is 7.39. The van der Waals surface area contributed by atoms with E-state index in [1.807, 2.05) is 36.4 Å². The highest BCUT2D eigenvalue weighted by Gasteiger charge is 2.22. The summed E-state index contributed by atoms with van der Waals surface area (Å²) in [7, 11) is 1.62. The lowest BCUT2D eigenvalue weighted by Crippen LogP contribution is -2.49. The van der Waals surface area contributed by atoms with E-state index < -0.39 is 5.91 Å². The molecule has 2 amide bonds. The van der Waals surface area contributed by atoms with Crippen LogP contribution in [0.5, 0.6) is 5.75 Å². The molecule has 3 rings (SSSR count). The fourth-order valence-electron chi connectivity index (χ4n) is 3.44. The van der Waals surface area contributed by atoms with E-state index >= 15 is 0 Å². The number of ether oxygens (including phenoxy) is 2. The zero-order chi connectivity index (χ0) is 23.6. The van der Waals surface area contributed by atoms with Crippen molar-refractivity contribution in [1.29, 1.82) is 5.26 Å². The number of benzene rings is 2. The number of piperazine rings is 1. The molecule has 1 aliphatic heterocycles. The van der Waals surface area contributed by atoms with Crippen LogP contribution in [-0.4, -0.2) is 62.0 Å². The summed E-state index contributed by atoms with van der Waals surface area (Å²) >= 11 is 0. The van der Waals surface area contributed by atoms with Crippen LogP contribution in [0.3, 0.4) is 0 Å². The van der Waals surface area contributed by atoms with Crippen molar-refractivity contribution in [1.82, 2.24) is 10.4 Å². The SMILES string of the molecule is COc1ccc(CCOC(=O)N2CCN(c3ccc(/C=C(\C#N)C(=O)NO)cc3)CC2)cc1. The summed E-state index contributed by atoms with van der Waals surface area (Å²) in [5, 5.41) is 17.7. The van der Waals surface area contributed by atoms with Crippen LogP contribution in [0, 0.1) is 11.3 Å². The first kappa shape index (κ1) is 23.6. The summed E-state index contributed by atoms with van der Waals surface area (Å²) in [4.78, 5) is 27.6. The molecule has 2 N–H and O–H groups in total. The maximum absolute atomic E-state index is 12.4. The second kappa shape index (κ2) is 11.5. The number of anilines is 1. The number of hydrogen-bond acceptors (Lipinski definition) is 7. The number of carbonyl (C=O) groups excluding carboxylic acids is 2. The van der Waals surface area contributed by atoms with Crippen molar-refractivity contribution < 1.29 is 24.3 Å². The number of nitriles is 1. The topological polar surface area (TPSA) is 115 Å². The lowest BCUT2D eigenvalue weighted by molar-refractivity contribution is -0.124. The predicted octanol–water partition coefficient (Wildman–Crippen LogP) is 2.61. The van der Waals surface area contributed by atoms with Crippen molar-refractivity contribution in [2.45, 2.75) is 6.42 Å². The molecule has 1 heterocycles. The summed E-state index contributed by atoms with van der Waals surface area (Å²) in [5.41, 5.74) is 3.98. The van der Waals surface area contributed by atoms with Gasteiger partial charge in [-0.05, 0) is 41.5 Å². The molecule has 0 aromatic heterocycles.